The van der Waals surface area contributed by atoms with Crippen LogP contribution in [0.5, 0.6) is 0 Å². The van der Waals surface area contributed by atoms with Crippen molar-refractivity contribution in [1.82, 2.24) is 0 Å². The second-order valence-corrected chi connectivity index (χ2v) is 17.5. The maximum absolute atomic E-state index is 12.7. The summed E-state index contributed by atoms with van der Waals surface area (Å²) in [5.74, 6) is -0.319. The number of phosphoric acid groups is 1. The second kappa shape index (κ2) is 37.9. The number of hydrogen-bond donors (Lipinski definition) is 1. The van der Waals surface area contributed by atoms with Crippen molar-refractivity contribution in [2.45, 2.75) is 200 Å². The molecule has 2 unspecified atom stereocenters. The van der Waals surface area contributed by atoms with E-state index >= 15 is 0 Å². The molecule has 0 aliphatic heterocycles. The zero-order valence-electron chi connectivity index (χ0n) is 35.5. The summed E-state index contributed by atoms with van der Waals surface area (Å²) in [6.07, 6.45) is 42.0. The normalized spacial score (nSPS) is 14.0. The first-order chi connectivity index (χ1) is 25.6. The predicted molar refractivity (Wildman–Crippen MR) is 224 cm³/mol. The van der Waals surface area contributed by atoms with Crippen molar-refractivity contribution in [2.24, 2.45) is 0 Å². The summed E-state index contributed by atoms with van der Waals surface area (Å²) in [5, 5.41) is 0. The van der Waals surface area contributed by atoms with E-state index in [4.69, 9.17) is 18.5 Å². The van der Waals surface area contributed by atoms with Gasteiger partial charge in [-0.25, -0.2) is 4.57 Å². The van der Waals surface area contributed by atoms with Crippen molar-refractivity contribution >= 4 is 13.8 Å². The van der Waals surface area contributed by atoms with Crippen LogP contribution in [-0.4, -0.2) is 75.6 Å². The van der Waals surface area contributed by atoms with Crippen molar-refractivity contribution in [3.8, 4) is 0 Å². The lowest BCUT2D eigenvalue weighted by molar-refractivity contribution is -0.870. The molecule has 0 aliphatic rings. The summed E-state index contributed by atoms with van der Waals surface area (Å²) in [6.45, 7) is 5.60. The van der Waals surface area contributed by atoms with Gasteiger partial charge in [0, 0.05) is 13.0 Å². The zero-order chi connectivity index (χ0) is 39.1. The van der Waals surface area contributed by atoms with Crippen LogP contribution in [0.4, 0.5) is 0 Å². The summed E-state index contributed by atoms with van der Waals surface area (Å²) in [7, 11) is 1.66. The highest BCUT2D eigenvalue weighted by Gasteiger charge is 2.26. The molecule has 0 radical (unpaired) electrons. The van der Waals surface area contributed by atoms with E-state index in [0.717, 1.165) is 32.1 Å². The molecule has 0 bridgehead atoms. The van der Waals surface area contributed by atoms with E-state index in [2.05, 4.69) is 38.2 Å². The molecule has 8 nitrogen and oxygen atoms in total. The van der Waals surface area contributed by atoms with Crippen LogP contribution in [0.15, 0.2) is 24.3 Å². The average molecular weight is 773 g/mol. The molecule has 0 heterocycles. The van der Waals surface area contributed by atoms with Gasteiger partial charge in [0.1, 0.15) is 19.3 Å². The zero-order valence-corrected chi connectivity index (χ0v) is 36.4. The molecule has 0 saturated heterocycles. The van der Waals surface area contributed by atoms with Gasteiger partial charge in [-0.3, -0.25) is 13.8 Å². The fraction of sp³-hybridized carbons (Fsp3) is 0.886. The van der Waals surface area contributed by atoms with E-state index in [0.29, 0.717) is 24.1 Å². The van der Waals surface area contributed by atoms with Crippen molar-refractivity contribution < 1.29 is 37.3 Å². The number of esters is 1. The Bertz CT molecular complexity index is 905. The average Bonchev–Trinajstić information content (AvgIpc) is 3.11. The third-order valence-electron chi connectivity index (χ3n) is 9.49. The first kappa shape index (κ1) is 52.0. The van der Waals surface area contributed by atoms with Gasteiger partial charge >= 0.3 is 13.8 Å². The lowest BCUT2D eigenvalue weighted by atomic mass is 10.1. The van der Waals surface area contributed by atoms with Crippen LogP contribution in [-0.2, 0) is 27.9 Å². The minimum atomic E-state index is -4.27. The number of likely N-dealkylation sites (N-methyl/N-ethyl adjacent to an activating group) is 1. The number of rotatable bonds is 41. The molecule has 0 saturated carbocycles. The van der Waals surface area contributed by atoms with Crippen LogP contribution < -0.4 is 0 Å². The number of carbonyl (C=O) groups is 1. The third kappa shape index (κ3) is 42.0. The van der Waals surface area contributed by atoms with Gasteiger partial charge in [-0.1, -0.05) is 147 Å². The van der Waals surface area contributed by atoms with Gasteiger partial charge in [0.25, 0.3) is 0 Å². The highest BCUT2D eigenvalue weighted by atomic mass is 31.2. The third-order valence-corrected chi connectivity index (χ3v) is 10.5. The summed E-state index contributed by atoms with van der Waals surface area (Å²) >= 11 is 0. The molecule has 0 amide bonds. The first-order valence-electron chi connectivity index (χ1n) is 22.1. The Morgan fingerprint density at radius 1 is 0.566 bits per heavy atom. The minimum Gasteiger partial charge on any atom is -0.457 e. The molecule has 0 aromatic carbocycles. The monoisotopic (exact) mass is 773 g/mol. The van der Waals surface area contributed by atoms with Crippen molar-refractivity contribution in [3.05, 3.63) is 24.3 Å². The molecular formula is C44H87NO7P+. The van der Waals surface area contributed by atoms with Crippen molar-refractivity contribution in [1.29, 1.82) is 0 Å². The van der Waals surface area contributed by atoms with Crippen LogP contribution in [0.3, 0.4) is 0 Å². The van der Waals surface area contributed by atoms with Gasteiger partial charge in [0.05, 0.1) is 34.4 Å². The van der Waals surface area contributed by atoms with Crippen molar-refractivity contribution in [2.75, 3.05) is 54.1 Å². The van der Waals surface area contributed by atoms with Gasteiger partial charge in [-0.15, -0.1) is 0 Å². The molecule has 1 N–H and O–H groups in total. The molecule has 0 spiro atoms. The smallest absolute Gasteiger partial charge is 0.457 e. The highest BCUT2D eigenvalue weighted by Crippen LogP contribution is 2.43. The molecule has 0 rings (SSSR count). The van der Waals surface area contributed by atoms with E-state index in [1.165, 1.54) is 141 Å². The Balaban J connectivity index is 4.23. The number of hydrogen-bond acceptors (Lipinski definition) is 6. The number of allylic oxidation sites excluding steroid dienone is 4. The van der Waals surface area contributed by atoms with E-state index in [9.17, 15) is 14.3 Å². The largest absolute Gasteiger partial charge is 0.472 e. The van der Waals surface area contributed by atoms with Gasteiger partial charge in [-0.05, 0) is 64.2 Å². The van der Waals surface area contributed by atoms with E-state index < -0.39 is 13.9 Å². The second-order valence-electron chi connectivity index (χ2n) is 16.1. The van der Waals surface area contributed by atoms with Crippen LogP contribution in [0.2, 0.25) is 0 Å². The highest BCUT2D eigenvalue weighted by molar-refractivity contribution is 7.47. The van der Waals surface area contributed by atoms with Crippen LogP contribution >= 0.6 is 7.82 Å². The standard InChI is InChI=1S/C44H86NO7P/c1-6-8-10-12-14-16-18-20-22-23-24-25-27-29-31-33-35-37-44(46)52-43(42-51-53(47,48)50-40-38-45(3,4)5)41-49-39-36-34-32-30-28-26-21-19-17-15-13-11-9-7-2/h17,19-20,22,43H,6-16,18,21,23-42H2,1-5H3/p+1/b19-17-,22-20-. The number of carbonyl (C=O) groups excluding carboxylic acids is 1. The van der Waals surface area contributed by atoms with Gasteiger partial charge in [0.2, 0.25) is 0 Å². The molecule has 53 heavy (non-hydrogen) atoms. The molecular weight excluding hydrogens is 685 g/mol. The van der Waals surface area contributed by atoms with E-state index in [-0.39, 0.29) is 25.8 Å². The van der Waals surface area contributed by atoms with E-state index in [1.807, 2.05) is 21.1 Å². The Morgan fingerprint density at radius 2 is 0.981 bits per heavy atom. The van der Waals surface area contributed by atoms with Crippen LogP contribution in [0, 0.1) is 0 Å². The number of phosphoric ester groups is 1. The molecule has 9 heteroatoms. The molecule has 314 valence electrons. The fourth-order valence-electron chi connectivity index (χ4n) is 6.01. The van der Waals surface area contributed by atoms with Crippen LogP contribution in [0.1, 0.15) is 194 Å². The van der Waals surface area contributed by atoms with Crippen molar-refractivity contribution in [3.63, 3.8) is 0 Å². The number of nitrogens with zero attached hydrogens (tertiary/aromatic N) is 1. The van der Waals surface area contributed by atoms with E-state index in [1.54, 1.807) is 0 Å². The topological polar surface area (TPSA) is 91.3 Å². The molecule has 0 aliphatic carbocycles. The van der Waals surface area contributed by atoms with Gasteiger partial charge < -0.3 is 18.9 Å². The van der Waals surface area contributed by atoms with Crippen LogP contribution in [0.25, 0.3) is 0 Å². The van der Waals surface area contributed by atoms with Gasteiger partial charge in [-0.2, -0.15) is 0 Å². The SMILES string of the molecule is CCCCCC/C=C\CCCCCCCCOCC(COP(=O)(O)OCC[N+](C)(C)C)OC(=O)CCCCCCCCC/C=C\CCCCCCCC. The summed E-state index contributed by atoms with van der Waals surface area (Å²) in [4.78, 5) is 22.9. The molecule has 0 aromatic heterocycles. The number of ether oxygens (including phenoxy) is 2. The summed E-state index contributed by atoms with van der Waals surface area (Å²) < 4.78 is 35.0. The summed E-state index contributed by atoms with van der Waals surface area (Å²) in [6, 6.07) is 0. The number of unbranched alkanes of at least 4 members (excludes halogenated alkanes) is 23. The quantitative estimate of drug-likeness (QED) is 0.0217. The molecule has 0 aromatic rings. The fourth-order valence-corrected chi connectivity index (χ4v) is 6.75. The molecule has 0 fully saturated rings. The predicted octanol–water partition coefficient (Wildman–Crippen LogP) is 12.8. The Hall–Kier alpha value is -1.02. The molecule has 2 atom stereocenters. The Morgan fingerprint density at radius 3 is 1.45 bits per heavy atom. The Labute approximate surface area is 328 Å². The Kier molecular flexibility index (Phi) is 37.2. The lowest BCUT2D eigenvalue weighted by Gasteiger charge is -2.24. The number of quaternary nitrogens is 1. The first-order valence-corrected chi connectivity index (χ1v) is 23.6. The lowest BCUT2D eigenvalue weighted by Crippen LogP contribution is -2.37. The maximum atomic E-state index is 12.7. The maximum Gasteiger partial charge on any atom is 0.472 e. The minimum absolute atomic E-state index is 0.0877. The summed E-state index contributed by atoms with van der Waals surface area (Å²) in [5.41, 5.74) is 0. The van der Waals surface area contributed by atoms with Gasteiger partial charge in [0.15, 0.2) is 0 Å².